The van der Waals surface area contributed by atoms with Crippen molar-refractivity contribution >= 4 is 16.0 Å². The van der Waals surface area contributed by atoms with Gasteiger partial charge in [0.2, 0.25) is 10.0 Å². The van der Waals surface area contributed by atoms with E-state index in [0.29, 0.717) is 6.54 Å². The lowest BCUT2D eigenvalue weighted by Gasteiger charge is -2.11. The monoisotopic (exact) mass is 322 g/mol. The van der Waals surface area contributed by atoms with E-state index in [0.717, 1.165) is 11.4 Å². The lowest BCUT2D eigenvalue weighted by molar-refractivity contribution is 0.0696. The Kier molecular flexibility index (Phi) is 4.68. The molecule has 0 fully saturated rings. The van der Waals surface area contributed by atoms with Gasteiger partial charge in [0.05, 0.1) is 10.5 Å². The molecule has 0 atom stereocenters. The van der Waals surface area contributed by atoms with Gasteiger partial charge in [0, 0.05) is 24.5 Å². The summed E-state index contributed by atoms with van der Waals surface area (Å²) in [7, 11) is -3.64. The van der Waals surface area contributed by atoms with E-state index in [2.05, 4.69) is 4.72 Å². The van der Waals surface area contributed by atoms with E-state index in [-0.39, 0.29) is 17.0 Å². The maximum absolute atomic E-state index is 12.1. The van der Waals surface area contributed by atoms with Crippen molar-refractivity contribution in [3.8, 4) is 0 Å². The fourth-order valence-electron chi connectivity index (χ4n) is 2.20. The van der Waals surface area contributed by atoms with Crippen molar-refractivity contribution in [3.05, 3.63) is 53.3 Å². The number of carboxylic acids is 1. The van der Waals surface area contributed by atoms with Crippen LogP contribution in [0.2, 0.25) is 0 Å². The van der Waals surface area contributed by atoms with E-state index in [1.165, 1.54) is 24.3 Å². The highest BCUT2D eigenvalue weighted by atomic mass is 32.2. The third kappa shape index (κ3) is 3.55. The van der Waals surface area contributed by atoms with Crippen LogP contribution < -0.4 is 4.72 Å². The van der Waals surface area contributed by atoms with Crippen LogP contribution in [0.3, 0.4) is 0 Å². The van der Waals surface area contributed by atoms with Crippen molar-refractivity contribution < 1.29 is 18.3 Å². The first kappa shape index (κ1) is 16.3. The highest BCUT2D eigenvalue weighted by Gasteiger charge is 2.14. The SMILES string of the molecule is Cc1ccc(C)n1CCNS(=O)(=O)c1ccc(C(=O)O)cc1. The number of nitrogens with zero attached hydrogens (tertiary/aromatic N) is 1. The van der Waals surface area contributed by atoms with Crippen LogP contribution in [-0.2, 0) is 16.6 Å². The predicted octanol–water partition coefficient (Wildman–Crippen LogP) is 1.78. The number of rotatable bonds is 6. The molecule has 2 rings (SSSR count). The zero-order valence-electron chi connectivity index (χ0n) is 12.4. The van der Waals surface area contributed by atoms with Gasteiger partial charge in [-0.15, -0.1) is 0 Å². The summed E-state index contributed by atoms with van der Waals surface area (Å²) in [6.07, 6.45) is 0. The average molecular weight is 322 g/mol. The molecule has 0 aliphatic carbocycles. The second kappa shape index (κ2) is 6.33. The molecule has 7 heteroatoms. The normalized spacial score (nSPS) is 11.5. The van der Waals surface area contributed by atoms with Crippen molar-refractivity contribution in [1.82, 2.24) is 9.29 Å². The lowest BCUT2D eigenvalue weighted by atomic mass is 10.2. The number of carbonyl (C=O) groups is 1. The highest BCUT2D eigenvalue weighted by Crippen LogP contribution is 2.11. The maximum atomic E-state index is 12.1. The molecule has 0 spiro atoms. The van der Waals surface area contributed by atoms with Crippen molar-refractivity contribution in [2.45, 2.75) is 25.3 Å². The summed E-state index contributed by atoms with van der Waals surface area (Å²) in [6, 6.07) is 9.09. The summed E-state index contributed by atoms with van der Waals surface area (Å²) in [6.45, 7) is 4.73. The van der Waals surface area contributed by atoms with Crippen LogP contribution in [0.4, 0.5) is 0 Å². The molecule has 118 valence electrons. The van der Waals surface area contributed by atoms with Gasteiger partial charge in [0.25, 0.3) is 0 Å². The van der Waals surface area contributed by atoms with Crippen LogP contribution >= 0.6 is 0 Å². The van der Waals surface area contributed by atoms with Gasteiger partial charge in [-0.2, -0.15) is 0 Å². The van der Waals surface area contributed by atoms with Gasteiger partial charge in [0.1, 0.15) is 0 Å². The first-order chi connectivity index (χ1) is 10.3. The fourth-order valence-corrected chi connectivity index (χ4v) is 3.22. The van der Waals surface area contributed by atoms with Gasteiger partial charge in [-0.3, -0.25) is 0 Å². The van der Waals surface area contributed by atoms with Crippen LogP contribution in [0.5, 0.6) is 0 Å². The molecule has 0 amide bonds. The van der Waals surface area contributed by atoms with Crippen LogP contribution in [0.1, 0.15) is 21.7 Å². The number of nitrogens with one attached hydrogen (secondary N) is 1. The van der Waals surface area contributed by atoms with E-state index in [1.54, 1.807) is 0 Å². The lowest BCUT2D eigenvalue weighted by Crippen LogP contribution is -2.28. The molecule has 6 nitrogen and oxygen atoms in total. The molecule has 0 saturated carbocycles. The van der Waals surface area contributed by atoms with Crippen LogP contribution in [-0.4, -0.2) is 30.6 Å². The number of aromatic carboxylic acids is 1. The topological polar surface area (TPSA) is 88.4 Å². The minimum absolute atomic E-state index is 0.0533. The van der Waals surface area contributed by atoms with Gasteiger partial charge < -0.3 is 9.67 Å². The van der Waals surface area contributed by atoms with Crippen molar-refractivity contribution in [2.24, 2.45) is 0 Å². The highest BCUT2D eigenvalue weighted by molar-refractivity contribution is 7.89. The van der Waals surface area contributed by atoms with Gasteiger partial charge in [-0.1, -0.05) is 0 Å². The number of sulfonamides is 1. The molecule has 1 aromatic carbocycles. The molecule has 2 aromatic rings. The largest absolute Gasteiger partial charge is 0.478 e. The summed E-state index contributed by atoms with van der Waals surface area (Å²) in [5, 5.41) is 8.81. The average Bonchev–Trinajstić information content (AvgIpc) is 2.79. The van der Waals surface area contributed by atoms with Crippen molar-refractivity contribution in [1.29, 1.82) is 0 Å². The number of carboxylic acid groups (broad SMARTS) is 1. The zero-order valence-corrected chi connectivity index (χ0v) is 13.2. The molecule has 0 saturated heterocycles. The Morgan fingerprint density at radius 3 is 2.14 bits per heavy atom. The minimum atomic E-state index is -3.64. The van der Waals surface area contributed by atoms with Crippen LogP contribution in [0.25, 0.3) is 0 Å². The van der Waals surface area contributed by atoms with Crippen LogP contribution in [0.15, 0.2) is 41.3 Å². The molecule has 1 heterocycles. The molecule has 0 radical (unpaired) electrons. The molecule has 22 heavy (non-hydrogen) atoms. The summed E-state index contributed by atoms with van der Waals surface area (Å²) in [5.74, 6) is -1.09. The predicted molar refractivity (Wildman–Crippen MR) is 82.5 cm³/mol. The summed E-state index contributed by atoms with van der Waals surface area (Å²) in [5.41, 5.74) is 2.20. The first-order valence-electron chi connectivity index (χ1n) is 6.77. The minimum Gasteiger partial charge on any atom is -0.478 e. The molecular formula is C15H18N2O4S. The number of hydrogen-bond acceptors (Lipinski definition) is 3. The second-order valence-corrected chi connectivity index (χ2v) is 6.76. The Morgan fingerprint density at radius 1 is 1.09 bits per heavy atom. The third-order valence-electron chi connectivity index (χ3n) is 3.46. The van der Waals surface area contributed by atoms with Crippen molar-refractivity contribution in [2.75, 3.05) is 6.54 Å². The van der Waals surface area contributed by atoms with E-state index < -0.39 is 16.0 Å². The van der Waals surface area contributed by atoms with Crippen molar-refractivity contribution in [3.63, 3.8) is 0 Å². The second-order valence-electron chi connectivity index (χ2n) is 5.00. The number of aryl methyl sites for hydroxylation is 2. The number of aromatic nitrogens is 1. The Labute approximate surface area is 129 Å². The van der Waals surface area contributed by atoms with E-state index >= 15 is 0 Å². The molecule has 1 aromatic heterocycles. The molecule has 0 aliphatic rings. The Hall–Kier alpha value is -2.12. The quantitative estimate of drug-likeness (QED) is 0.848. The number of benzene rings is 1. The summed E-state index contributed by atoms with van der Waals surface area (Å²) >= 11 is 0. The standard InChI is InChI=1S/C15H18N2O4S/c1-11-3-4-12(2)17(11)10-9-16-22(20,21)14-7-5-13(6-8-14)15(18)19/h3-8,16H,9-10H2,1-2H3,(H,18,19). The van der Waals surface area contributed by atoms with Gasteiger partial charge in [-0.25, -0.2) is 17.9 Å². The van der Waals surface area contributed by atoms with E-state index in [4.69, 9.17) is 5.11 Å². The summed E-state index contributed by atoms with van der Waals surface area (Å²) in [4.78, 5) is 10.8. The van der Waals surface area contributed by atoms with Crippen LogP contribution in [0, 0.1) is 13.8 Å². The summed E-state index contributed by atoms with van der Waals surface area (Å²) < 4.78 is 28.8. The number of hydrogen-bond donors (Lipinski definition) is 2. The first-order valence-corrected chi connectivity index (χ1v) is 8.25. The molecule has 0 bridgehead atoms. The molecule has 2 N–H and O–H groups in total. The fraction of sp³-hybridized carbons (Fsp3) is 0.267. The molecule has 0 aliphatic heterocycles. The zero-order chi connectivity index (χ0) is 16.3. The van der Waals surface area contributed by atoms with Gasteiger partial charge in [-0.05, 0) is 50.2 Å². The molecule has 0 unspecified atom stereocenters. The third-order valence-corrected chi connectivity index (χ3v) is 4.93. The smallest absolute Gasteiger partial charge is 0.335 e. The Balaban J connectivity index is 2.03. The van der Waals surface area contributed by atoms with Gasteiger partial charge in [0.15, 0.2) is 0 Å². The Morgan fingerprint density at radius 2 is 1.64 bits per heavy atom. The van der Waals surface area contributed by atoms with E-state index in [9.17, 15) is 13.2 Å². The van der Waals surface area contributed by atoms with E-state index in [1.807, 2.05) is 30.5 Å². The Bertz CT molecular complexity index is 757. The maximum Gasteiger partial charge on any atom is 0.335 e. The molecular weight excluding hydrogens is 304 g/mol. The van der Waals surface area contributed by atoms with Gasteiger partial charge >= 0.3 is 5.97 Å².